The Labute approximate surface area is 62.9 Å². The predicted octanol–water partition coefficient (Wildman–Crippen LogP) is -0.402. The summed E-state index contributed by atoms with van der Waals surface area (Å²) in [5.74, 6) is -2.93. The molecule has 1 rings (SSSR count). The van der Waals surface area contributed by atoms with Crippen LogP contribution in [0, 0.1) is 0 Å². The summed E-state index contributed by atoms with van der Waals surface area (Å²) >= 11 is 0. The van der Waals surface area contributed by atoms with E-state index in [-0.39, 0.29) is 5.75 Å². The maximum absolute atomic E-state index is 13.0. The maximum Gasteiger partial charge on any atom is 0.342 e. The Morgan fingerprint density at radius 3 is 2.27 bits per heavy atom. The number of carboxylic acid groups (broad SMARTS) is 1. The molecule has 6 heteroatoms. The number of rotatable bonds is 1. The van der Waals surface area contributed by atoms with Gasteiger partial charge in [-0.25, -0.2) is 17.6 Å². The van der Waals surface area contributed by atoms with Crippen LogP contribution in [0.4, 0.5) is 4.39 Å². The van der Waals surface area contributed by atoms with Gasteiger partial charge in [0.05, 0.1) is 11.5 Å². The summed E-state index contributed by atoms with van der Waals surface area (Å²) in [5, 5.41) is 8.27. The molecule has 1 atom stereocenters. The van der Waals surface area contributed by atoms with Gasteiger partial charge in [-0.05, 0) is 0 Å². The number of alkyl halides is 1. The third kappa shape index (κ3) is 1.50. The van der Waals surface area contributed by atoms with Crippen molar-refractivity contribution >= 4 is 15.8 Å². The molecule has 0 spiro atoms. The first kappa shape index (κ1) is 8.45. The van der Waals surface area contributed by atoms with E-state index < -0.39 is 33.6 Å². The van der Waals surface area contributed by atoms with E-state index in [0.29, 0.717) is 0 Å². The second-order valence-electron chi connectivity index (χ2n) is 2.61. The van der Waals surface area contributed by atoms with Gasteiger partial charge in [-0.15, -0.1) is 0 Å². The summed E-state index contributed by atoms with van der Waals surface area (Å²) in [6.45, 7) is 0. The molecule has 0 aromatic rings. The molecule has 0 aromatic carbocycles. The van der Waals surface area contributed by atoms with Gasteiger partial charge in [0.15, 0.2) is 9.84 Å². The Hall–Kier alpha value is -0.650. The minimum absolute atomic E-state index is 0.365. The summed E-state index contributed by atoms with van der Waals surface area (Å²) < 4.78 is 34.2. The third-order valence-corrected chi connectivity index (χ3v) is 3.36. The monoisotopic (exact) mass is 182 g/mol. The molecule has 0 aliphatic carbocycles. The molecular weight excluding hydrogens is 175 g/mol. The molecule has 0 amide bonds. The average molecular weight is 182 g/mol. The van der Waals surface area contributed by atoms with Gasteiger partial charge >= 0.3 is 5.97 Å². The Balaban J connectivity index is 2.90. The lowest BCUT2D eigenvalue weighted by molar-refractivity contribution is -0.149. The Morgan fingerprint density at radius 1 is 1.55 bits per heavy atom. The van der Waals surface area contributed by atoms with Crippen molar-refractivity contribution in [2.24, 2.45) is 0 Å². The molecule has 1 unspecified atom stereocenters. The highest BCUT2D eigenvalue weighted by Crippen LogP contribution is 2.27. The summed E-state index contributed by atoms with van der Waals surface area (Å²) in [7, 11) is -3.45. The Bertz CT molecular complexity index is 283. The molecule has 1 aliphatic heterocycles. The van der Waals surface area contributed by atoms with E-state index in [0.717, 1.165) is 0 Å². The van der Waals surface area contributed by atoms with Gasteiger partial charge in [-0.3, -0.25) is 0 Å². The number of aliphatic carboxylic acids is 1. The lowest BCUT2D eigenvalue weighted by atomic mass is 10.1. The molecule has 1 N–H and O–H groups in total. The number of hydrogen-bond donors (Lipinski definition) is 1. The topological polar surface area (TPSA) is 71.4 Å². The molecule has 0 saturated carbocycles. The smallest absolute Gasteiger partial charge is 0.342 e. The Morgan fingerprint density at radius 2 is 2.09 bits per heavy atom. The van der Waals surface area contributed by atoms with E-state index in [1.165, 1.54) is 0 Å². The molecule has 1 saturated heterocycles. The molecule has 64 valence electrons. The maximum atomic E-state index is 13.0. The van der Waals surface area contributed by atoms with Crippen LogP contribution in [0.1, 0.15) is 6.42 Å². The van der Waals surface area contributed by atoms with Gasteiger partial charge in [0.2, 0.25) is 5.67 Å². The fourth-order valence-electron chi connectivity index (χ4n) is 0.979. The van der Waals surface area contributed by atoms with E-state index in [1.54, 1.807) is 0 Å². The summed E-state index contributed by atoms with van der Waals surface area (Å²) in [6.07, 6.45) is -0.426. The Kier molecular flexibility index (Phi) is 1.66. The summed E-state index contributed by atoms with van der Waals surface area (Å²) in [4.78, 5) is 10.2. The molecule has 4 nitrogen and oxygen atoms in total. The van der Waals surface area contributed by atoms with Crippen molar-refractivity contribution in [1.82, 2.24) is 0 Å². The van der Waals surface area contributed by atoms with Crippen molar-refractivity contribution in [2.75, 3.05) is 11.5 Å². The minimum atomic E-state index is -3.45. The first-order valence-electron chi connectivity index (χ1n) is 2.98. The van der Waals surface area contributed by atoms with Crippen molar-refractivity contribution in [3.63, 3.8) is 0 Å². The van der Waals surface area contributed by atoms with Crippen molar-refractivity contribution in [2.45, 2.75) is 12.1 Å². The van der Waals surface area contributed by atoms with Gasteiger partial charge in [0, 0.05) is 6.42 Å². The quantitative estimate of drug-likeness (QED) is 0.598. The zero-order valence-corrected chi connectivity index (χ0v) is 6.40. The van der Waals surface area contributed by atoms with E-state index >= 15 is 0 Å². The van der Waals surface area contributed by atoms with Crippen molar-refractivity contribution in [1.29, 1.82) is 0 Å². The predicted molar refractivity (Wildman–Crippen MR) is 34.7 cm³/mol. The van der Waals surface area contributed by atoms with Crippen LogP contribution in [-0.4, -0.2) is 36.7 Å². The van der Waals surface area contributed by atoms with Crippen LogP contribution in [0.3, 0.4) is 0 Å². The minimum Gasteiger partial charge on any atom is -0.479 e. The van der Waals surface area contributed by atoms with E-state index in [1.807, 2.05) is 0 Å². The van der Waals surface area contributed by atoms with Gasteiger partial charge < -0.3 is 5.11 Å². The highest BCUT2D eigenvalue weighted by molar-refractivity contribution is 7.91. The average Bonchev–Trinajstić information content (AvgIpc) is 2.08. The number of sulfone groups is 1. The van der Waals surface area contributed by atoms with Crippen LogP contribution in [0.5, 0.6) is 0 Å². The third-order valence-electron chi connectivity index (χ3n) is 1.64. The zero-order chi connectivity index (χ0) is 8.70. The molecule has 1 aliphatic rings. The lowest BCUT2D eigenvalue weighted by Gasteiger charge is -2.09. The molecular formula is C5H7FO4S. The number of carboxylic acids is 1. The number of halogens is 1. The molecule has 0 aromatic heterocycles. The number of hydrogen-bond acceptors (Lipinski definition) is 3. The van der Waals surface area contributed by atoms with Gasteiger partial charge in [0.25, 0.3) is 0 Å². The van der Waals surface area contributed by atoms with Crippen LogP contribution in [0.25, 0.3) is 0 Å². The van der Waals surface area contributed by atoms with Crippen LogP contribution in [0.2, 0.25) is 0 Å². The standard InChI is InChI=1S/C5H7FO4S/c6-5(4(7)8)1-2-11(9,10)3-5/h1-3H2,(H,7,8). The van der Waals surface area contributed by atoms with Crippen molar-refractivity contribution in [3.05, 3.63) is 0 Å². The van der Waals surface area contributed by atoms with Crippen LogP contribution in [0.15, 0.2) is 0 Å². The van der Waals surface area contributed by atoms with Gasteiger partial charge in [0.1, 0.15) is 0 Å². The molecule has 11 heavy (non-hydrogen) atoms. The van der Waals surface area contributed by atoms with Gasteiger partial charge in [-0.2, -0.15) is 0 Å². The fraction of sp³-hybridized carbons (Fsp3) is 0.800. The first-order chi connectivity index (χ1) is 4.86. The largest absolute Gasteiger partial charge is 0.479 e. The van der Waals surface area contributed by atoms with E-state index in [2.05, 4.69) is 0 Å². The summed E-state index contributed by atoms with van der Waals surface area (Å²) in [6, 6.07) is 0. The van der Waals surface area contributed by atoms with Crippen molar-refractivity contribution in [3.8, 4) is 0 Å². The van der Waals surface area contributed by atoms with Crippen LogP contribution >= 0.6 is 0 Å². The molecule has 0 radical (unpaired) electrons. The SMILES string of the molecule is O=C(O)C1(F)CCS(=O)(=O)C1. The molecule has 0 bridgehead atoms. The number of carbonyl (C=O) groups is 1. The molecule has 1 fully saturated rings. The second kappa shape index (κ2) is 2.17. The van der Waals surface area contributed by atoms with Crippen LogP contribution < -0.4 is 0 Å². The zero-order valence-electron chi connectivity index (χ0n) is 5.58. The first-order valence-corrected chi connectivity index (χ1v) is 4.81. The molecule has 1 heterocycles. The highest BCUT2D eigenvalue weighted by Gasteiger charge is 2.49. The van der Waals surface area contributed by atoms with Crippen LogP contribution in [-0.2, 0) is 14.6 Å². The fourth-order valence-corrected chi connectivity index (χ4v) is 2.72. The normalized spacial score (nSPS) is 35.4. The highest BCUT2D eigenvalue weighted by atomic mass is 32.2. The van der Waals surface area contributed by atoms with Gasteiger partial charge in [-0.1, -0.05) is 0 Å². The lowest BCUT2D eigenvalue weighted by Crippen LogP contribution is -2.34. The summed E-state index contributed by atoms with van der Waals surface area (Å²) in [5.41, 5.74) is -2.54. The van der Waals surface area contributed by atoms with E-state index in [9.17, 15) is 17.6 Å². The van der Waals surface area contributed by atoms with Crippen molar-refractivity contribution < 1.29 is 22.7 Å². The van der Waals surface area contributed by atoms with E-state index in [4.69, 9.17) is 5.11 Å². The second-order valence-corrected chi connectivity index (χ2v) is 4.80.